The van der Waals surface area contributed by atoms with Crippen LogP contribution in [0, 0.1) is 13.8 Å². The number of hydrogen-bond donors (Lipinski definition) is 2. The Hall–Kier alpha value is -1.09. The third-order valence-electron chi connectivity index (χ3n) is 2.07. The van der Waals surface area contributed by atoms with Gasteiger partial charge < -0.3 is 11.1 Å². The topological polar surface area (TPSA) is 38.0 Å². The Bertz CT molecular complexity index is 334. The Balaban J connectivity index is 2.55. The van der Waals surface area contributed by atoms with Crippen molar-refractivity contribution in [3.63, 3.8) is 0 Å². The summed E-state index contributed by atoms with van der Waals surface area (Å²) in [4.78, 5) is 0.558. The maximum absolute atomic E-state index is 5.41. The van der Waals surface area contributed by atoms with Gasteiger partial charge in [-0.25, -0.2) is 0 Å². The summed E-state index contributed by atoms with van der Waals surface area (Å²) in [6.45, 7) is 4.99. The van der Waals surface area contributed by atoms with E-state index in [4.69, 9.17) is 18.0 Å². The molecule has 0 saturated carbocycles. The van der Waals surface area contributed by atoms with E-state index in [1.165, 1.54) is 11.1 Å². The van der Waals surface area contributed by atoms with Gasteiger partial charge in [0.25, 0.3) is 0 Å². The van der Waals surface area contributed by atoms with Crippen molar-refractivity contribution in [2.24, 2.45) is 5.73 Å². The molecule has 0 amide bonds. The molecule has 0 aliphatic heterocycles. The fourth-order valence-corrected chi connectivity index (χ4v) is 1.43. The largest absolute Gasteiger partial charge is 0.393 e. The van der Waals surface area contributed by atoms with Crippen molar-refractivity contribution < 1.29 is 0 Å². The van der Waals surface area contributed by atoms with E-state index >= 15 is 0 Å². The minimum atomic E-state index is 0.558. The van der Waals surface area contributed by atoms with Gasteiger partial charge in [0.15, 0.2) is 0 Å². The van der Waals surface area contributed by atoms with Crippen molar-refractivity contribution in [3.05, 3.63) is 29.3 Å². The van der Waals surface area contributed by atoms with Crippen molar-refractivity contribution in [2.75, 3.05) is 11.9 Å². The van der Waals surface area contributed by atoms with Crippen LogP contribution in [0.1, 0.15) is 17.5 Å². The average Bonchev–Trinajstić information content (AvgIpc) is 2.08. The van der Waals surface area contributed by atoms with Crippen LogP contribution in [0.3, 0.4) is 0 Å². The molecule has 0 aliphatic carbocycles. The van der Waals surface area contributed by atoms with Crippen LogP contribution < -0.4 is 11.1 Å². The minimum Gasteiger partial charge on any atom is -0.393 e. The van der Waals surface area contributed by atoms with E-state index in [9.17, 15) is 0 Å². The SMILES string of the molecule is Cc1ccc(NCCC(N)=S)c(C)c1. The number of nitrogens with two attached hydrogens (primary N) is 1. The van der Waals surface area contributed by atoms with E-state index < -0.39 is 0 Å². The molecule has 1 aromatic rings. The fourth-order valence-electron chi connectivity index (χ4n) is 1.33. The molecule has 0 unspecified atom stereocenters. The van der Waals surface area contributed by atoms with E-state index in [2.05, 4.69) is 37.4 Å². The summed E-state index contributed by atoms with van der Waals surface area (Å²) in [7, 11) is 0. The molecule has 0 spiro atoms. The highest BCUT2D eigenvalue weighted by Gasteiger charge is 1.97. The van der Waals surface area contributed by atoms with E-state index in [-0.39, 0.29) is 0 Å². The maximum Gasteiger partial charge on any atom is 0.0745 e. The van der Waals surface area contributed by atoms with Crippen LogP contribution in [0.15, 0.2) is 18.2 Å². The number of nitrogens with one attached hydrogen (secondary N) is 1. The Kier molecular flexibility index (Phi) is 3.89. The maximum atomic E-state index is 5.41. The first-order valence-corrected chi connectivity index (χ1v) is 5.10. The van der Waals surface area contributed by atoms with E-state index in [0.29, 0.717) is 4.99 Å². The predicted molar refractivity (Wildman–Crippen MR) is 65.8 cm³/mol. The quantitative estimate of drug-likeness (QED) is 0.746. The summed E-state index contributed by atoms with van der Waals surface area (Å²) < 4.78 is 0. The summed E-state index contributed by atoms with van der Waals surface area (Å²) in [6, 6.07) is 6.34. The number of benzene rings is 1. The van der Waals surface area contributed by atoms with Gasteiger partial charge in [-0.05, 0) is 25.5 Å². The van der Waals surface area contributed by atoms with E-state index in [1.54, 1.807) is 0 Å². The normalized spacial score (nSPS) is 9.86. The van der Waals surface area contributed by atoms with Crippen molar-refractivity contribution in [1.29, 1.82) is 0 Å². The number of hydrogen-bond acceptors (Lipinski definition) is 2. The smallest absolute Gasteiger partial charge is 0.0745 e. The van der Waals surface area contributed by atoms with Crippen molar-refractivity contribution in [2.45, 2.75) is 20.3 Å². The molecule has 0 saturated heterocycles. The van der Waals surface area contributed by atoms with Gasteiger partial charge >= 0.3 is 0 Å². The van der Waals surface area contributed by atoms with Crippen LogP contribution in [-0.2, 0) is 0 Å². The van der Waals surface area contributed by atoms with Gasteiger partial charge in [-0.1, -0.05) is 29.9 Å². The third-order valence-corrected chi connectivity index (χ3v) is 2.27. The summed E-state index contributed by atoms with van der Waals surface area (Å²) in [5, 5.41) is 3.30. The van der Waals surface area contributed by atoms with Gasteiger partial charge in [0.2, 0.25) is 0 Å². The second kappa shape index (κ2) is 4.96. The zero-order valence-corrected chi connectivity index (χ0v) is 9.45. The van der Waals surface area contributed by atoms with Gasteiger partial charge in [-0.15, -0.1) is 0 Å². The Morgan fingerprint density at radius 3 is 2.71 bits per heavy atom. The molecule has 0 aliphatic rings. The van der Waals surface area contributed by atoms with Gasteiger partial charge in [0.05, 0.1) is 4.99 Å². The molecular weight excluding hydrogens is 192 g/mol. The lowest BCUT2D eigenvalue weighted by molar-refractivity contribution is 1.10. The molecule has 76 valence electrons. The molecule has 14 heavy (non-hydrogen) atoms. The van der Waals surface area contributed by atoms with Gasteiger partial charge in [0.1, 0.15) is 0 Å². The predicted octanol–water partition coefficient (Wildman–Crippen LogP) is 2.39. The number of aryl methyl sites for hydroxylation is 2. The standard InChI is InChI=1S/C11H16N2S/c1-8-3-4-10(9(2)7-8)13-6-5-11(12)14/h3-4,7,13H,5-6H2,1-2H3,(H2,12,14). The highest BCUT2D eigenvalue weighted by Crippen LogP contribution is 2.15. The molecule has 0 fully saturated rings. The molecule has 0 atom stereocenters. The molecule has 3 heteroatoms. The van der Waals surface area contributed by atoms with Crippen LogP contribution in [0.4, 0.5) is 5.69 Å². The van der Waals surface area contributed by atoms with E-state index in [1.807, 2.05) is 0 Å². The van der Waals surface area contributed by atoms with Crippen molar-refractivity contribution >= 4 is 22.9 Å². The molecule has 3 N–H and O–H groups in total. The summed E-state index contributed by atoms with van der Waals surface area (Å²) >= 11 is 4.80. The second-order valence-corrected chi connectivity index (χ2v) is 3.99. The van der Waals surface area contributed by atoms with Gasteiger partial charge in [0, 0.05) is 18.7 Å². The average molecular weight is 208 g/mol. The zero-order valence-electron chi connectivity index (χ0n) is 8.63. The molecular formula is C11H16N2S. The lowest BCUT2D eigenvalue weighted by Gasteiger charge is -2.09. The van der Waals surface area contributed by atoms with E-state index in [0.717, 1.165) is 18.7 Å². The molecule has 0 aromatic heterocycles. The molecule has 2 nitrogen and oxygen atoms in total. The van der Waals surface area contributed by atoms with Gasteiger partial charge in [-0.2, -0.15) is 0 Å². The van der Waals surface area contributed by atoms with Crippen molar-refractivity contribution in [3.8, 4) is 0 Å². The number of thiocarbonyl (C=S) groups is 1. The Morgan fingerprint density at radius 2 is 2.14 bits per heavy atom. The van der Waals surface area contributed by atoms with Crippen LogP contribution in [0.25, 0.3) is 0 Å². The lowest BCUT2D eigenvalue weighted by Crippen LogP contribution is -2.14. The summed E-state index contributed by atoms with van der Waals surface area (Å²) in [5.41, 5.74) is 9.11. The monoisotopic (exact) mass is 208 g/mol. The first-order valence-electron chi connectivity index (χ1n) is 4.69. The lowest BCUT2D eigenvalue weighted by atomic mass is 10.1. The first-order chi connectivity index (χ1) is 6.59. The molecule has 0 radical (unpaired) electrons. The molecule has 0 bridgehead atoms. The molecule has 1 aromatic carbocycles. The van der Waals surface area contributed by atoms with Crippen LogP contribution in [-0.4, -0.2) is 11.5 Å². The highest BCUT2D eigenvalue weighted by atomic mass is 32.1. The van der Waals surface area contributed by atoms with Crippen molar-refractivity contribution in [1.82, 2.24) is 0 Å². The zero-order chi connectivity index (χ0) is 10.6. The van der Waals surface area contributed by atoms with Gasteiger partial charge in [-0.3, -0.25) is 0 Å². The van der Waals surface area contributed by atoms with Crippen LogP contribution >= 0.6 is 12.2 Å². The van der Waals surface area contributed by atoms with Crippen LogP contribution in [0.5, 0.6) is 0 Å². The number of anilines is 1. The Labute approximate surface area is 90.5 Å². The first kappa shape index (κ1) is 11.0. The molecule has 0 heterocycles. The summed E-state index contributed by atoms with van der Waals surface area (Å²) in [5.74, 6) is 0. The minimum absolute atomic E-state index is 0.558. The second-order valence-electron chi connectivity index (χ2n) is 3.46. The Morgan fingerprint density at radius 1 is 1.43 bits per heavy atom. The summed E-state index contributed by atoms with van der Waals surface area (Å²) in [6.07, 6.45) is 0.739. The molecule has 1 rings (SSSR count). The highest BCUT2D eigenvalue weighted by molar-refractivity contribution is 7.80. The van der Waals surface area contributed by atoms with Crippen LogP contribution in [0.2, 0.25) is 0 Å². The third kappa shape index (κ3) is 3.34. The number of rotatable bonds is 4. The fraction of sp³-hybridized carbons (Fsp3) is 0.364.